The Morgan fingerprint density at radius 1 is 0.868 bits per heavy atom. The molecule has 0 aliphatic carbocycles. The lowest BCUT2D eigenvalue weighted by Crippen LogP contribution is -2.33. The molecular weight excluding hydrogens is 542 g/mol. The Hall–Kier alpha value is -3.66. The Kier molecular flexibility index (Phi) is 6.43. The summed E-state index contributed by atoms with van der Waals surface area (Å²) in [7, 11) is 0. The Morgan fingerprint density at radius 3 is 2.21 bits per heavy atom. The van der Waals surface area contributed by atoms with Crippen molar-refractivity contribution in [2.75, 3.05) is 10.2 Å². The van der Waals surface area contributed by atoms with Gasteiger partial charge in [-0.3, -0.25) is 23.7 Å². The van der Waals surface area contributed by atoms with E-state index in [-0.39, 0.29) is 29.1 Å². The van der Waals surface area contributed by atoms with Crippen LogP contribution in [0.25, 0.3) is 0 Å². The van der Waals surface area contributed by atoms with Crippen molar-refractivity contribution >= 4 is 63.8 Å². The third-order valence-corrected chi connectivity index (χ3v) is 9.51. The Balaban J connectivity index is 1.41. The molecule has 3 heterocycles. The van der Waals surface area contributed by atoms with E-state index in [4.69, 9.17) is 11.6 Å². The molecule has 3 atom stereocenters. The topological polar surface area (TPSA) is 88.5 Å². The number of hydrogen-bond donors (Lipinski definition) is 1. The first-order valence-corrected chi connectivity index (χ1v) is 13.9. The highest BCUT2D eigenvalue weighted by molar-refractivity contribution is 8.00. The van der Waals surface area contributed by atoms with Gasteiger partial charge >= 0.3 is 4.87 Å². The SMILES string of the molecule is O=C(Cn1c2c(sc1=O)[C@@H](c1ccccc1)[C@@H]1C(=O)N(c3ccc(Cl)cc3)C(=O)[C@@H]1S2)Nc1ccccc1. The van der Waals surface area contributed by atoms with E-state index < -0.39 is 17.1 Å². The quantitative estimate of drug-likeness (QED) is 0.347. The summed E-state index contributed by atoms with van der Waals surface area (Å²) in [6, 6.07) is 25.0. The van der Waals surface area contributed by atoms with Crippen LogP contribution in [0.4, 0.5) is 11.4 Å². The van der Waals surface area contributed by atoms with Crippen LogP contribution in [-0.2, 0) is 20.9 Å². The number of amides is 3. The van der Waals surface area contributed by atoms with Crippen LogP contribution in [-0.4, -0.2) is 27.5 Å². The number of thiazole rings is 1. The molecule has 7 nitrogen and oxygen atoms in total. The molecule has 1 saturated heterocycles. The summed E-state index contributed by atoms with van der Waals surface area (Å²) in [5, 5.41) is 3.12. The number of anilines is 2. The van der Waals surface area contributed by atoms with Crippen LogP contribution in [0.15, 0.2) is 94.7 Å². The van der Waals surface area contributed by atoms with Gasteiger partial charge in [0.05, 0.1) is 16.6 Å². The minimum Gasteiger partial charge on any atom is -0.325 e. The number of aromatic nitrogens is 1. The van der Waals surface area contributed by atoms with E-state index in [1.165, 1.54) is 21.2 Å². The molecule has 1 aromatic heterocycles. The van der Waals surface area contributed by atoms with Crippen LogP contribution in [0.2, 0.25) is 5.02 Å². The number of halogens is 1. The van der Waals surface area contributed by atoms with Crippen molar-refractivity contribution in [1.29, 1.82) is 0 Å². The maximum atomic E-state index is 13.8. The molecule has 38 heavy (non-hydrogen) atoms. The van der Waals surface area contributed by atoms with Crippen LogP contribution in [0, 0.1) is 5.92 Å². The Morgan fingerprint density at radius 2 is 1.53 bits per heavy atom. The monoisotopic (exact) mass is 561 g/mol. The van der Waals surface area contributed by atoms with E-state index in [2.05, 4.69) is 5.32 Å². The van der Waals surface area contributed by atoms with Gasteiger partial charge in [0, 0.05) is 21.5 Å². The van der Waals surface area contributed by atoms with Crippen LogP contribution in [0.1, 0.15) is 16.4 Å². The zero-order valence-corrected chi connectivity index (χ0v) is 22.1. The second kappa shape index (κ2) is 9.90. The van der Waals surface area contributed by atoms with Crippen molar-refractivity contribution in [2.45, 2.75) is 22.7 Å². The molecule has 3 amide bonds. The van der Waals surface area contributed by atoms with E-state index >= 15 is 0 Å². The third kappa shape index (κ3) is 4.26. The zero-order chi connectivity index (χ0) is 26.4. The van der Waals surface area contributed by atoms with Gasteiger partial charge in [0.2, 0.25) is 17.7 Å². The summed E-state index contributed by atoms with van der Waals surface area (Å²) in [6.07, 6.45) is 0. The number of rotatable bonds is 5. The van der Waals surface area contributed by atoms with E-state index in [1.54, 1.807) is 36.4 Å². The summed E-state index contributed by atoms with van der Waals surface area (Å²) in [4.78, 5) is 55.1. The molecule has 10 heteroatoms. The van der Waals surface area contributed by atoms with Crippen molar-refractivity contribution in [3.8, 4) is 0 Å². The van der Waals surface area contributed by atoms with Crippen molar-refractivity contribution in [1.82, 2.24) is 4.57 Å². The molecule has 0 unspecified atom stereocenters. The highest BCUT2D eigenvalue weighted by Gasteiger charge is 2.56. The molecule has 1 fully saturated rings. The zero-order valence-electron chi connectivity index (χ0n) is 19.7. The molecule has 0 radical (unpaired) electrons. The number of benzene rings is 3. The summed E-state index contributed by atoms with van der Waals surface area (Å²) in [5.74, 6) is -2.21. The van der Waals surface area contributed by atoms with Crippen LogP contribution in [0.3, 0.4) is 0 Å². The standard InChI is InChI=1S/C28H20ClN3O4S2/c29-17-11-13-19(14-12-17)32-25(34)22-21(16-7-3-1-4-8-16)24-27(37-23(22)26(32)35)31(28(36)38-24)15-20(33)30-18-9-5-2-6-10-18/h1-14,21-23H,15H2,(H,30,33)/t21-,22-,23+/m0/s1. The maximum Gasteiger partial charge on any atom is 0.308 e. The predicted molar refractivity (Wildman–Crippen MR) is 149 cm³/mol. The van der Waals surface area contributed by atoms with Gasteiger partial charge in [-0.25, -0.2) is 4.90 Å². The molecular formula is C28H20ClN3O4S2. The highest BCUT2D eigenvalue weighted by Crippen LogP contribution is 2.53. The summed E-state index contributed by atoms with van der Waals surface area (Å²) in [6.45, 7) is -0.200. The smallest absolute Gasteiger partial charge is 0.308 e. The van der Waals surface area contributed by atoms with Crippen molar-refractivity contribution in [3.05, 3.63) is 110 Å². The van der Waals surface area contributed by atoms with Gasteiger partial charge in [-0.1, -0.05) is 83.2 Å². The number of para-hydroxylation sites is 1. The fourth-order valence-electron chi connectivity index (χ4n) is 4.99. The summed E-state index contributed by atoms with van der Waals surface area (Å²) >= 11 is 8.25. The predicted octanol–water partition coefficient (Wildman–Crippen LogP) is 5.00. The average Bonchev–Trinajstić information content (AvgIpc) is 3.36. The normalized spacial score (nSPS) is 20.2. The molecule has 1 N–H and O–H groups in total. The highest BCUT2D eigenvalue weighted by atomic mass is 35.5. The van der Waals surface area contributed by atoms with Gasteiger partial charge in [0.15, 0.2) is 0 Å². The van der Waals surface area contributed by atoms with Gasteiger partial charge in [0.1, 0.15) is 11.8 Å². The van der Waals surface area contributed by atoms with Crippen molar-refractivity contribution in [3.63, 3.8) is 0 Å². The maximum absolute atomic E-state index is 13.8. The molecule has 0 spiro atoms. The van der Waals surface area contributed by atoms with Crippen LogP contribution >= 0.6 is 34.7 Å². The number of imide groups is 1. The molecule has 0 saturated carbocycles. The van der Waals surface area contributed by atoms with E-state index in [0.29, 0.717) is 26.3 Å². The molecule has 0 bridgehead atoms. The number of carbonyl (C=O) groups excluding carboxylic acids is 3. The van der Waals surface area contributed by atoms with Crippen LogP contribution < -0.4 is 15.1 Å². The first-order chi connectivity index (χ1) is 18.4. The summed E-state index contributed by atoms with van der Waals surface area (Å²) < 4.78 is 1.41. The molecule has 3 aromatic carbocycles. The minimum atomic E-state index is -0.742. The minimum absolute atomic E-state index is 0.200. The number of fused-ring (bicyclic) bond motifs is 2. The molecule has 2 aliphatic heterocycles. The molecule has 190 valence electrons. The summed E-state index contributed by atoms with van der Waals surface area (Å²) in [5.41, 5.74) is 1.92. The van der Waals surface area contributed by atoms with E-state index in [1.807, 2.05) is 48.5 Å². The van der Waals surface area contributed by atoms with E-state index in [9.17, 15) is 19.2 Å². The Labute approximate surface area is 231 Å². The molecule has 4 aromatic rings. The number of nitrogens with one attached hydrogen (secondary N) is 1. The first-order valence-electron chi connectivity index (χ1n) is 11.9. The second-order valence-corrected chi connectivity index (χ2v) is 11.5. The van der Waals surface area contributed by atoms with Gasteiger partial charge in [0.25, 0.3) is 0 Å². The molecule has 2 aliphatic rings. The number of carbonyl (C=O) groups is 3. The number of thioether (sulfide) groups is 1. The largest absolute Gasteiger partial charge is 0.325 e. The van der Waals surface area contributed by atoms with Crippen molar-refractivity contribution < 1.29 is 14.4 Å². The third-order valence-electron chi connectivity index (χ3n) is 6.65. The lowest BCUT2D eigenvalue weighted by atomic mass is 9.83. The number of hydrogen-bond acceptors (Lipinski definition) is 6. The molecule has 6 rings (SSSR count). The van der Waals surface area contributed by atoms with Gasteiger partial charge in [-0.05, 0) is 42.0 Å². The fourth-order valence-corrected chi connectivity index (χ4v) is 7.88. The van der Waals surface area contributed by atoms with Gasteiger partial charge in [-0.15, -0.1) is 0 Å². The lowest BCUT2D eigenvalue weighted by Gasteiger charge is -2.30. The number of nitrogens with zero attached hydrogens (tertiary/aromatic N) is 2. The second-order valence-electron chi connectivity index (χ2n) is 8.98. The Bertz CT molecular complexity index is 1600. The first kappa shape index (κ1) is 24.7. The van der Waals surface area contributed by atoms with Crippen LogP contribution in [0.5, 0.6) is 0 Å². The van der Waals surface area contributed by atoms with E-state index in [0.717, 1.165) is 16.9 Å². The fraction of sp³-hybridized carbons (Fsp3) is 0.143. The van der Waals surface area contributed by atoms with Gasteiger partial charge < -0.3 is 5.32 Å². The lowest BCUT2D eigenvalue weighted by molar-refractivity contribution is -0.122. The van der Waals surface area contributed by atoms with Crippen molar-refractivity contribution in [2.24, 2.45) is 5.92 Å². The average molecular weight is 562 g/mol. The van der Waals surface area contributed by atoms with Gasteiger partial charge in [-0.2, -0.15) is 0 Å².